The molecule has 0 heterocycles. The molecular weight excluding hydrogens is 558 g/mol. The predicted molar refractivity (Wildman–Crippen MR) is 67.8 cm³/mol. The van der Waals surface area contributed by atoms with E-state index in [1.807, 2.05) is 0 Å². The molecule has 0 amide bonds. The third-order valence-corrected chi connectivity index (χ3v) is 9.84. The number of aromatic carboxylic acids is 1. The van der Waals surface area contributed by atoms with Gasteiger partial charge in [0.1, 0.15) is 0 Å². The monoisotopic (exact) mass is 566 g/mol. The Kier molecular flexibility index (Phi) is 6.41. The molecule has 25 heavy (non-hydrogen) atoms. The summed E-state index contributed by atoms with van der Waals surface area (Å²) in [6.45, 7) is 1.41. The van der Waals surface area contributed by atoms with Gasteiger partial charge in [-0.2, -0.15) is 0 Å². The molecule has 0 aromatic heterocycles. The molecule has 136 valence electrons. The maximum atomic E-state index is 12.3. The van der Waals surface area contributed by atoms with E-state index in [0.717, 1.165) is 18.2 Å². The van der Waals surface area contributed by atoms with Gasteiger partial charge in [-0.25, -0.2) is 0 Å². The van der Waals surface area contributed by atoms with Crippen molar-refractivity contribution in [2.45, 2.75) is 19.3 Å². The zero-order valence-electron chi connectivity index (χ0n) is 12.1. The van der Waals surface area contributed by atoms with Crippen LogP contribution in [-0.2, 0) is 15.0 Å². The summed E-state index contributed by atoms with van der Waals surface area (Å²) in [5.74, 6) is -7.44. The van der Waals surface area contributed by atoms with Crippen LogP contribution < -0.4 is 3.12 Å². The standard InChI is InChI=1S/C8H7O2.2C2HF3O2.Tl/c1-6-3-2-4-7(5-6)8(9)10;2*3-2(4,5)1(6)7;/h2-3,5H,1H3,(H,9,10);2*(H,6,7);/q;;;+2/p-2. The molecule has 0 aliphatic carbocycles. The molecule has 13 heteroatoms. The van der Waals surface area contributed by atoms with Gasteiger partial charge in [0.25, 0.3) is 0 Å². The normalized spacial score (nSPS) is 11.6. The van der Waals surface area contributed by atoms with Gasteiger partial charge in [0.2, 0.25) is 0 Å². The van der Waals surface area contributed by atoms with E-state index in [1.165, 1.54) is 6.92 Å². The minimum atomic E-state index is -5.56. The minimum absolute atomic E-state index is 0.317. The molecular formula is C12H7F6O6Tl. The van der Waals surface area contributed by atoms with Gasteiger partial charge in [-0.15, -0.1) is 0 Å². The van der Waals surface area contributed by atoms with E-state index in [9.17, 15) is 40.7 Å². The van der Waals surface area contributed by atoms with Crippen LogP contribution in [0.5, 0.6) is 0 Å². The predicted octanol–water partition coefficient (Wildman–Crippen LogP) is 1.60. The van der Waals surface area contributed by atoms with Crippen molar-refractivity contribution in [1.29, 1.82) is 0 Å². The number of carboxylic acids is 1. The molecule has 0 atom stereocenters. The van der Waals surface area contributed by atoms with Crippen LogP contribution in [0.1, 0.15) is 15.9 Å². The van der Waals surface area contributed by atoms with Gasteiger partial charge in [0.05, 0.1) is 0 Å². The summed E-state index contributed by atoms with van der Waals surface area (Å²) in [6.07, 6.45) is -11.1. The SMILES string of the molecule is Cc1cc[c]([Tl]([O]C(=O)C(F)(F)F)[O]C(=O)C(F)(F)F)c(C(=O)O)c1. The van der Waals surface area contributed by atoms with Crippen molar-refractivity contribution in [2.75, 3.05) is 0 Å². The number of hydrogen-bond donors (Lipinski definition) is 1. The Morgan fingerprint density at radius 3 is 1.76 bits per heavy atom. The third kappa shape index (κ3) is 5.86. The summed E-state index contributed by atoms with van der Waals surface area (Å²) in [4.78, 5) is 33.0. The number of aryl methyl sites for hydroxylation is 1. The second kappa shape index (κ2) is 7.57. The maximum absolute atomic E-state index is 12.3. The van der Waals surface area contributed by atoms with Crippen LogP contribution >= 0.6 is 0 Å². The molecule has 0 radical (unpaired) electrons. The van der Waals surface area contributed by atoms with E-state index < -0.39 is 62.6 Å². The molecule has 1 aromatic rings. The van der Waals surface area contributed by atoms with Crippen molar-refractivity contribution in [3.63, 3.8) is 0 Å². The Bertz CT molecular complexity index is 670. The fourth-order valence-corrected chi connectivity index (χ4v) is 8.04. The molecule has 1 aromatic carbocycles. The fourth-order valence-electron chi connectivity index (χ4n) is 1.54. The van der Waals surface area contributed by atoms with Gasteiger partial charge in [-0.1, -0.05) is 0 Å². The van der Waals surface area contributed by atoms with E-state index in [2.05, 4.69) is 5.37 Å². The molecule has 0 saturated carbocycles. The van der Waals surface area contributed by atoms with E-state index in [-0.39, 0.29) is 0 Å². The molecule has 1 rings (SSSR count). The van der Waals surface area contributed by atoms with Crippen molar-refractivity contribution >= 4 is 44.6 Å². The molecule has 6 nitrogen and oxygen atoms in total. The first-order valence-corrected chi connectivity index (χ1v) is 12.0. The molecule has 1 N–H and O–H groups in total. The first-order valence-electron chi connectivity index (χ1n) is 6.13. The van der Waals surface area contributed by atoms with Crippen LogP contribution in [0.4, 0.5) is 26.3 Å². The molecule has 0 aliphatic heterocycles. The van der Waals surface area contributed by atoms with E-state index in [4.69, 9.17) is 5.11 Å². The molecule has 0 saturated heterocycles. The molecule has 0 aliphatic rings. The van der Waals surface area contributed by atoms with Crippen molar-refractivity contribution in [2.24, 2.45) is 0 Å². The van der Waals surface area contributed by atoms with E-state index in [0.29, 0.717) is 5.56 Å². The Labute approximate surface area is 144 Å². The van der Waals surface area contributed by atoms with Crippen molar-refractivity contribution in [3.8, 4) is 0 Å². The Morgan fingerprint density at radius 1 is 0.960 bits per heavy atom. The second-order valence-electron chi connectivity index (χ2n) is 4.53. The third-order valence-electron chi connectivity index (χ3n) is 2.58. The average molecular weight is 566 g/mol. The molecule has 0 spiro atoms. The van der Waals surface area contributed by atoms with Gasteiger partial charge >= 0.3 is 144 Å². The van der Waals surface area contributed by atoms with Crippen LogP contribution in [0.3, 0.4) is 0 Å². The Morgan fingerprint density at radius 2 is 1.40 bits per heavy atom. The first-order chi connectivity index (χ1) is 11.2. The van der Waals surface area contributed by atoms with Crippen LogP contribution in [0.15, 0.2) is 18.2 Å². The van der Waals surface area contributed by atoms with Gasteiger partial charge in [0, 0.05) is 0 Å². The summed E-state index contributed by atoms with van der Waals surface area (Å²) in [5, 5.41) is 9.04. The molecule has 0 fully saturated rings. The number of rotatable bonds is 4. The number of hydrogen-bond acceptors (Lipinski definition) is 5. The van der Waals surface area contributed by atoms with Gasteiger partial charge in [-0.05, 0) is 0 Å². The van der Waals surface area contributed by atoms with Crippen LogP contribution in [0, 0.1) is 6.92 Å². The van der Waals surface area contributed by atoms with E-state index in [1.54, 1.807) is 0 Å². The fraction of sp³-hybridized carbons (Fsp3) is 0.250. The quantitative estimate of drug-likeness (QED) is 0.441. The van der Waals surface area contributed by atoms with Gasteiger partial charge < -0.3 is 0 Å². The van der Waals surface area contributed by atoms with Crippen LogP contribution in [-0.4, -0.2) is 59.0 Å². The van der Waals surface area contributed by atoms with Gasteiger partial charge in [0.15, 0.2) is 0 Å². The topological polar surface area (TPSA) is 89.9 Å². The zero-order valence-corrected chi connectivity index (χ0v) is 16.6. The summed E-state index contributed by atoms with van der Waals surface area (Å²) in [7, 11) is 0. The number of benzene rings is 1. The van der Waals surface area contributed by atoms with Crippen LogP contribution in [0.25, 0.3) is 0 Å². The van der Waals surface area contributed by atoms with Crippen molar-refractivity contribution in [3.05, 3.63) is 29.3 Å². The summed E-state index contributed by atoms with van der Waals surface area (Å²) >= 11 is -5.55. The average Bonchev–Trinajstić information content (AvgIpc) is 2.44. The molecule has 0 unspecified atom stereocenters. The summed E-state index contributed by atoms with van der Waals surface area (Å²) in [6, 6.07) is 2.96. The van der Waals surface area contributed by atoms with Gasteiger partial charge in [-0.3, -0.25) is 0 Å². The first kappa shape index (κ1) is 21.2. The van der Waals surface area contributed by atoms with Crippen molar-refractivity contribution < 1.29 is 51.2 Å². The number of carboxylic acid groups (broad SMARTS) is 1. The van der Waals surface area contributed by atoms with Crippen LogP contribution in [0.2, 0.25) is 0 Å². The van der Waals surface area contributed by atoms with Crippen molar-refractivity contribution in [1.82, 2.24) is 0 Å². The Balaban J connectivity index is 3.34. The molecule has 0 bridgehead atoms. The zero-order chi connectivity index (χ0) is 19.6. The number of carbonyl (C=O) groups excluding carboxylic acids is 2. The second-order valence-corrected chi connectivity index (χ2v) is 11.4. The van der Waals surface area contributed by atoms with E-state index >= 15 is 0 Å². The Hall–Kier alpha value is -1.87. The summed E-state index contributed by atoms with van der Waals surface area (Å²) in [5.41, 5.74) is -0.394. The number of halogens is 6. The summed E-state index contributed by atoms with van der Waals surface area (Å²) < 4.78 is 81.1. The number of carbonyl (C=O) groups is 3. The number of alkyl halides is 6.